The molecule has 0 radical (unpaired) electrons. The van der Waals surface area contributed by atoms with Crippen molar-refractivity contribution in [3.8, 4) is 6.07 Å². The van der Waals surface area contributed by atoms with Crippen molar-refractivity contribution in [2.45, 2.75) is 31.0 Å². The Balaban J connectivity index is 2.18. The van der Waals surface area contributed by atoms with E-state index in [2.05, 4.69) is 20.5 Å². The van der Waals surface area contributed by atoms with Gasteiger partial charge < -0.3 is 20.1 Å². The molecule has 2 aromatic rings. The highest BCUT2D eigenvalue weighted by atomic mass is 16.6. The highest BCUT2D eigenvalue weighted by molar-refractivity contribution is 5.90. The molecule has 1 fully saturated rings. The number of rotatable bonds is 4. The average molecular weight is 336 g/mol. The van der Waals surface area contributed by atoms with Gasteiger partial charge in [0.15, 0.2) is 23.4 Å². The van der Waals surface area contributed by atoms with E-state index in [4.69, 9.17) is 9.57 Å². The summed E-state index contributed by atoms with van der Waals surface area (Å²) in [6.07, 6.45) is -2.25. The molecule has 1 aliphatic rings. The van der Waals surface area contributed by atoms with Gasteiger partial charge in [-0.2, -0.15) is 10.4 Å². The molecule has 0 saturated carbocycles. The van der Waals surface area contributed by atoms with Crippen molar-refractivity contribution in [2.24, 2.45) is 0 Å². The number of fused-ring (bicyclic) bond motifs is 1. The predicted octanol–water partition coefficient (Wildman–Crippen LogP) is -1.33. The van der Waals surface area contributed by atoms with Crippen LogP contribution >= 0.6 is 0 Å². The fourth-order valence-electron chi connectivity index (χ4n) is 2.74. The van der Waals surface area contributed by atoms with Crippen LogP contribution in [0.25, 0.3) is 11.0 Å². The molecule has 0 aromatic carbocycles. The van der Waals surface area contributed by atoms with Gasteiger partial charge in [-0.25, -0.2) is 20.1 Å². The summed E-state index contributed by atoms with van der Waals surface area (Å²) in [4.78, 5) is 12.9. The number of aliphatic hydroxyl groups is 3. The van der Waals surface area contributed by atoms with Crippen molar-refractivity contribution in [2.75, 3.05) is 19.2 Å². The second-order valence-electron chi connectivity index (χ2n) is 5.51. The average Bonchev–Trinajstić information content (AvgIpc) is 3.04. The molecule has 2 aromatic heterocycles. The lowest BCUT2D eigenvalue weighted by molar-refractivity contribution is -0.100. The Morgan fingerprint density at radius 1 is 1.54 bits per heavy atom. The number of nitrogens with zero attached hydrogens (tertiary/aromatic N) is 5. The molecule has 4 atom stereocenters. The lowest BCUT2D eigenvalue weighted by Gasteiger charge is -2.26. The van der Waals surface area contributed by atoms with E-state index in [0.717, 1.165) is 0 Å². The smallest absolute Gasteiger partial charge is 0.183 e. The van der Waals surface area contributed by atoms with Gasteiger partial charge in [0, 0.05) is 0 Å². The highest BCUT2D eigenvalue weighted by Crippen LogP contribution is 2.39. The first-order valence-electron chi connectivity index (χ1n) is 7.04. The lowest BCUT2D eigenvalue weighted by Crippen LogP contribution is -2.44. The highest BCUT2D eigenvalue weighted by Gasteiger charge is 2.54. The third-order valence-electron chi connectivity index (χ3n) is 3.95. The SMILES string of the molecule is CONc1ncnc2c1c(C#N)nn2C1O[C@H](CO)[C@@H](O)[C@@]1(C)O. The third-order valence-corrected chi connectivity index (χ3v) is 3.95. The van der Waals surface area contributed by atoms with Crippen LogP contribution in [-0.2, 0) is 9.57 Å². The summed E-state index contributed by atoms with van der Waals surface area (Å²) >= 11 is 0. The number of hydrogen-bond donors (Lipinski definition) is 4. The van der Waals surface area contributed by atoms with Gasteiger partial charge in [0.1, 0.15) is 35.6 Å². The summed E-state index contributed by atoms with van der Waals surface area (Å²) in [5.41, 5.74) is 0.977. The molecule has 11 heteroatoms. The Bertz CT molecular complexity index is 800. The van der Waals surface area contributed by atoms with Crippen molar-refractivity contribution in [3.63, 3.8) is 0 Å². The second kappa shape index (κ2) is 5.93. The van der Waals surface area contributed by atoms with Crippen molar-refractivity contribution in [1.82, 2.24) is 19.7 Å². The molecule has 3 rings (SSSR count). The summed E-state index contributed by atoms with van der Waals surface area (Å²) in [5.74, 6) is 0.224. The van der Waals surface area contributed by atoms with Crippen LogP contribution in [0.5, 0.6) is 0 Å². The summed E-state index contributed by atoms with van der Waals surface area (Å²) in [7, 11) is 1.39. The molecule has 1 unspecified atom stereocenters. The monoisotopic (exact) mass is 336 g/mol. The van der Waals surface area contributed by atoms with Crippen molar-refractivity contribution in [3.05, 3.63) is 12.0 Å². The number of nitriles is 1. The fraction of sp³-hybridized carbons (Fsp3) is 0.538. The van der Waals surface area contributed by atoms with Gasteiger partial charge in [0.25, 0.3) is 0 Å². The number of anilines is 1. The number of aromatic nitrogens is 4. The maximum Gasteiger partial charge on any atom is 0.183 e. The van der Waals surface area contributed by atoms with E-state index in [1.807, 2.05) is 6.07 Å². The number of ether oxygens (including phenoxy) is 1. The van der Waals surface area contributed by atoms with Crippen molar-refractivity contribution in [1.29, 1.82) is 5.26 Å². The lowest BCUT2D eigenvalue weighted by atomic mass is 9.97. The largest absolute Gasteiger partial charge is 0.394 e. The van der Waals surface area contributed by atoms with E-state index >= 15 is 0 Å². The molecule has 1 saturated heterocycles. The quantitative estimate of drug-likeness (QED) is 0.493. The Morgan fingerprint density at radius 3 is 2.88 bits per heavy atom. The van der Waals surface area contributed by atoms with E-state index in [1.54, 1.807) is 0 Å². The maximum atomic E-state index is 10.6. The zero-order valence-corrected chi connectivity index (χ0v) is 12.9. The van der Waals surface area contributed by atoms with Crippen LogP contribution in [0, 0.1) is 11.3 Å². The molecule has 3 heterocycles. The molecule has 0 bridgehead atoms. The second-order valence-corrected chi connectivity index (χ2v) is 5.51. The molecule has 128 valence electrons. The maximum absolute atomic E-state index is 10.6. The molecule has 0 aliphatic carbocycles. The van der Waals surface area contributed by atoms with Crippen LogP contribution in [0.15, 0.2) is 6.33 Å². The molecular formula is C13H16N6O5. The first-order valence-corrected chi connectivity index (χ1v) is 7.04. The molecule has 4 N–H and O–H groups in total. The van der Waals surface area contributed by atoms with E-state index in [0.29, 0.717) is 0 Å². The Hall–Kier alpha value is -2.36. The van der Waals surface area contributed by atoms with Crippen LogP contribution < -0.4 is 5.48 Å². The minimum atomic E-state index is -1.75. The van der Waals surface area contributed by atoms with Gasteiger partial charge in [0.2, 0.25) is 0 Å². The first-order chi connectivity index (χ1) is 11.5. The van der Waals surface area contributed by atoms with Gasteiger partial charge >= 0.3 is 0 Å². The zero-order valence-electron chi connectivity index (χ0n) is 12.9. The van der Waals surface area contributed by atoms with Crippen LogP contribution in [0.3, 0.4) is 0 Å². The van der Waals surface area contributed by atoms with Gasteiger partial charge in [-0.05, 0) is 6.92 Å². The fourth-order valence-corrected chi connectivity index (χ4v) is 2.74. The van der Waals surface area contributed by atoms with Crippen LogP contribution in [0.4, 0.5) is 5.82 Å². The van der Waals surface area contributed by atoms with Gasteiger partial charge in [-0.3, -0.25) is 4.84 Å². The molecule has 0 amide bonds. The minimum Gasteiger partial charge on any atom is -0.394 e. The molecule has 24 heavy (non-hydrogen) atoms. The number of hydrogen-bond acceptors (Lipinski definition) is 10. The Morgan fingerprint density at radius 2 is 2.29 bits per heavy atom. The minimum absolute atomic E-state index is 0.00788. The summed E-state index contributed by atoms with van der Waals surface area (Å²) in [5, 5.41) is 43.7. The first kappa shape index (κ1) is 16.5. The van der Waals surface area contributed by atoms with Crippen molar-refractivity contribution >= 4 is 16.9 Å². The van der Waals surface area contributed by atoms with Crippen LogP contribution in [-0.4, -0.2) is 66.6 Å². The standard InChI is InChI=1S/C13H16N6O5/c1-13(22)9(21)7(4-20)24-12(13)19-11-8(6(3-14)17-19)10(18-23-2)15-5-16-11/h5,7,9,12,20-22H,4H2,1-2H3,(H,15,16,18)/t7-,9-,12?,13-/m1/s1. The Kier molecular flexibility index (Phi) is 4.08. The van der Waals surface area contributed by atoms with E-state index < -0.39 is 30.6 Å². The van der Waals surface area contributed by atoms with Gasteiger partial charge in [-0.1, -0.05) is 0 Å². The van der Waals surface area contributed by atoms with E-state index in [1.165, 1.54) is 25.0 Å². The molecule has 11 nitrogen and oxygen atoms in total. The molecular weight excluding hydrogens is 320 g/mol. The van der Waals surface area contributed by atoms with Crippen molar-refractivity contribution < 1.29 is 24.9 Å². The summed E-state index contributed by atoms with van der Waals surface area (Å²) in [6.45, 7) is 0.872. The Labute approximate surface area is 136 Å². The van der Waals surface area contributed by atoms with Gasteiger partial charge in [-0.15, -0.1) is 0 Å². The van der Waals surface area contributed by atoms with E-state index in [-0.39, 0.29) is 22.5 Å². The zero-order chi connectivity index (χ0) is 17.5. The number of aliphatic hydroxyl groups excluding tert-OH is 2. The molecule has 0 spiro atoms. The van der Waals surface area contributed by atoms with Crippen LogP contribution in [0.1, 0.15) is 18.8 Å². The summed E-state index contributed by atoms with van der Waals surface area (Å²) in [6, 6.07) is 1.92. The third kappa shape index (κ3) is 2.29. The summed E-state index contributed by atoms with van der Waals surface area (Å²) < 4.78 is 6.71. The van der Waals surface area contributed by atoms with Crippen LogP contribution in [0.2, 0.25) is 0 Å². The number of nitrogens with one attached hydrogen (secondary N) is 1. The topological polar surface area (TPSA) is 159 Å². The van der Waals surface area contributed by atoms with E-state index in [9.17, 15) is 20.6 Å². The normalized spacial score (nSPS) is 29.8. The van der Waals surface area contributed by atoms with Gasteiger partial charge in [0.05, 0.1) is 13.7 Å². The molecule has 1 aliphatic heterocycles. The predicted molar refractivity (Wildman–Crippen MR) is 78.3 cm³/mol.